The van der Waals surface area contributed by atoms with Gasteiger partial charge in [0, 0.05) is 28.4 Å². The third-order valence-electron chi connectivity index (χ3n) is 6.26. The Balaban J connectivity index is 0.00000533. The summed E-state index contributed by atoms with van der Waals surface area (Å²) in [6.07, 6.45) is -3.33. The number of benzene rings is 1. The van der Waals surface area contributed by atoms with Crippen LogP contribution in [-0.4, -0.2) is 73.6 Å². The van der Waals surface area contributed by atoms with E-state index in [4.69, 9.17) is 26.8 Å². The molecule has 12 nitrogen and oxygen atoms in total. The quantitative estimate of drug-likeness (QED) is 0.161. The number of hydrogen-bond acceptors (Lipinski definition) is 13. The average Bonchev–Trinajstić information content (AvgIpc) is 3.58. The van der Waals surface area contributed by atoms with Crippen LogP contribution in [-0.2, 0) is 38.0 Å². The maximum absolute atomic E-state index is 13.5. The molecule has 218 valence electrons. The van der Waals surface area contributed by atoms with Crippen LogP contribution in [0.4, 0.5) is 14.0 Å². The van der Waals surface area contributed by atoms with E-state index in [9.17, 15) is 28.7 Å². The van der Waals surface area contributed by atoms with Gasteiger partial charge in [-0.05, 0) is 32.0 Å². The average molecular weight is 616 g/mol. The Kier molecular flexibility index (Phi) is 11.9. The third kappa shape index (κ3) is 7.37. The molecule has 2 saturated carbocycles. The van der Waals surface area contributed by atoms with Crippen molar-refractivity contribution in [1.29, 1.82) is 0 Å². The lowest BCUT2D eigenvalue weighted by Gasteiger charge is -2.34. The molecule has 0 bridgehead atoms. The monoisotopic (exact) mass is 615 g/mol. The second-order valence-electron chi connectivity index (χ2n) is 8.33. The van der Waals surface area contributed by atoms with Crippen LogP contribution in [0.25, 0.3) is 0 Å². The van der Waals surface area contributed by atoms with Crippen LogP contribution in [0.3, 0.4) is 0 Å². The van der Waals surface area contributed by atoms with Crippen molar-refractivity contribution < 1.29 is 57.1 Å². The number of ether oxygens (including phenoxy) is 6. The van der Waals surface area contributed by atoms with Gasteiger partial charge >= 0.3 is 24.2 Å². The first kappa shape index (κ1) is 32.7. The standard InChI is InChI=1S/C23H27ClFNO11S.ClH/c1-3-32-21(30)36-9-34-19(28)16-15-17(16)23(26,20(29)35-10-37-22(31)33-4-2)12(18(15)27)8-38-11-5-6-14(25)13(24)7-11;/h5-7,12,15-18,27H,3-4,8-10,26H2,1-2H3;1H/t12-,15+,16+,17+,18-,23+;/m1./s1. The molecule has 0 amide bonds. The third-order valence-corrected chi connectivity index (χ3v) is 7.67. The van der Waals surface area contributed by atoms with Crippen molar-refractivity contribution in [3.8, 4) is 0 Å². The molecule has 0 aliphatic heterocycles. The number of carbonyl (C=O) groups is 4. The van der Waals surface area contributed by atoms with E-state index in [-0.39, 0.29) is 36.4 Å². The maximum Gasteiger partial charge on any atom is 0.511 e. The second-order valence-corrected chi connectivity index (χ2v) is 9.83. The SMILES string of the molecule is CCOC(=O)OCOC(=O)[C@H]1[C@@H]2[C@H](O)[C@@H](CSc3ccc(F)c(Cl)c3)[C@@](N)(C(=O)OCOC(=O)OCC)[C@H]12.Cl. The van der Waals surface area contributed by atoms with Crippen molar-refractivity contribution in [2.75, 3.05) is 32.6 Å². The fraction of sp³-hybridized carbons (Fsp3) is 0.565. The molecule has 16 heteroatoms. The zero-order chi connectivity index (χ0) is 28.0. The molecular weight excluding hydrogens is 588 g/mol. The van der Waals surface area contributed by atoms with Gasteiger partial charge in [0.05, 0.1) is 30.3 Å². The van der Waals surface area contributed by atoms with Gasteiger partial charge in [-0.2, -0.15) is 0 Å². The van der Waals surface area contributed by atoms with Crippen molar-refractivity contribution in [2.24, 2.45) is 29.4 Å². The summed E-state index contributed by atoms with van der Waals surface area (Å²) < 4.78 is 42.0. The first-order valence-corrected chi connectivity index (χ1v) is 12.9. The van der Waals surface area contributed by atoms with E-state index in [0.717, 1.165) is 11.8 Å². The first-order valence-electron chi connectivity index (χ1n) is 11.5. The molecule has 0 radical (unpaired) electrons. The predicted molar refractivity (Wildman–Crippen MR) is 134 cm³/mol. The highest BCUT2D eigenvalue weighted by atomic mass is 35.5. The summed E-state index contributed by atoms with van der Waals surface area (Å²) in [5.41, 5.74) is 4.66. The highest BCUT2D eigenvalue weighted by Gasteiger charge is 2.78. The van der Waals surface area contributed by atoms with E-state index in [2.05, 4.69) is 18.9 Å². The molecule has 2 aliphatic rings. The molecule has 0 aromatic heterocycles. The van der Waals surface area contributed by atoms with Crippen molar-refractivity contribution in [3.05, 3.63) is 29.0 Å². The number of aliphatic hydroxyl groups is 1. The summed E-state index contributed by atoms with van der Waals surface area (Å²) in [7, 11) is 0. The molecule has 1 aromatic carbocycles. The van der Waals surface area contributed by atoms with Crippen molar-refractivity contribution in [1.82, 2.24) is 0 Å². The van der Waals surface area contributed by atoms with Crippen LogP contribution < -0.4 is 5.73 Å². The van der Waals surface area contributed by atoms with Crippen LogP contribution in [0.2, 0.25) is 5.02 Å². The lowest BCUT2D eigenvalue weighted by Crippen LogP contribution is -2.59. The van der Waals surface area contributed by atoms with E-state index in [1.165, 1.54) is 18.2 Å². The minimum Gasteiger partial charge on any atom is -0.435 e. The van der Waals surface area contributed by atoms with E-state index >= 15 is 0 Å². The van der Waals surface area contributed by atoms with E-state index < -0.39 is 79.0 Å². The molecule has 3 rings (SSSR count). The van der Waals surface area contributed by atoms with Gasteiger partial charge < -0.3 is 39.3 Å². The Morgan fingerprint density at radius 2 is 1.62 bits per heavy atom. The van der Waals surface area contributed by atoms with Crippen molar-refractivity contribution in [2.45, 2.75) is 30.4 Å². The highest BCUT2D eigenvalue weighted by Crippen LogP contribution is 2.64. The number of halogens is 3. The van der Waals surface area contributed by atoms with Crippen LogP contribution in [0, 0.1) is 29.5 Å². The topological polar surface area (TPSA) is 170 Å². The van der Waals surface area contributed by atoms with Crippen LogP contribution in [0.15, 0.2) is 23.1 Å². The van der Waals surface area contributed by atoms with Crippen LogP contribution >= 0.6 is 35.8 Å². The number of thioether (sulfide) groups is 1. The zero-order valence-corrected chi connectivity index (χ0v) is 23.2. The molecule has 39 heavy (non-hydrogen) atoms. The van der Waals surface area contributed by atoms with Crippen molar-refractivity contribution in [3.63, 3.8) is 0 Å². The highest BCUT2D eigenvalue weighted by molar-refractivity contribution is 7.99. The van der Waals surface area contributed by atoms with Gasteiger partial charge in [-0.25, -0.2) is 18.8 Å². The Hall–Kier alpha value is -2.52. The predicted octanol–water partition coefficient (Wildman–Crippen LogP) is 2.89. The second kappa shape index (κ2) is 14.2. The molecule has 0 saturated heterocycles. The number of rotatable bonds is 11. The van der Waals surface area contributed by atoms with Gasteiger partial charge in [0.25, 0.3) is 0 Å². The lowest BCUT2D eigenvalue weighted by molar-refractivity contribution is -0.165. The smallest absolute Gasteiger partial charge is 0.435 e. The molecule has 3 N–H and O–H groups in total. The number of aliphatic hydroxyl groups excluding tert-OH is 1. The minimum atomic E-state index is -1.88. The van der Waals surface area contributed by atoms with Gasteiger partial charge in [0.15, 0.2) is 0 Å². The van der Waals surface area contributed by atoms with Gasteiger partial charge in [0.1, 0.15) is 11.4 Å². The molecule has 0 heterocycles. The van der Waals surface area contributed by atoms with E-state index in [0.29, 0.717) is 4.90 Å². The molecule has 0 unspecified atom stereocenters. The maximum atomic E-state index is 13.5. The fourth-order valence-corrected chi connectivity index (χ4v) is 6.02. The molecule has 0 spiro atoms. The summed E-state index contributed by atoms with van der Waals surface area (Å²) in [6.45, 7) is 1.69. The van der Waals surface area contributed by atoms with Gasteiger partial charge in [-0.15, -0.1) is 24.2 Å². The number of nitrogens with two attached hydrogens (primary N) is 1. The first-order chi connectivity index (χ1) is 18.1. The summed E-state index contributed by atoms with van der Waals surface area (Å²) in [4.78, 5) is 49.0. The Morgan fingerprint density at radius 3 is 2.18 bits per heavy atom. The Morgan fingerprint density at radius 1 is 1.03 bits per heavy atom. The number of fused-ring (bicyclic) bond motifs is 1. The van der Waals surface area contributed by atoms with Gasteiger partial charge in [-0.3, -0.25) is 4.79 Å². The van der Waals surface area contributed by atoms with E-state index in [1.807, 2.05) is 0 Å². The summed E-state index contributed by atoms with van der Waals surface area (Å²) >= 11 is 7.00. The minimum absolute atomic E-state index is 0. The summed E-state index contributed by atoms with van der Waals surface area (Å²) in [5.74, 6) is -5.93. The molecule has 6 atom stereocenters. The van der Waals surface area contributed by atoms with Gasteiger partial charge in [0.2, 0.25) is 13.6 Å². The number of carbonyl (C=O) groups excluding carboxylic acids is 4. The largest absolute Gasteiger partial charge is 0.511 e. The Bertz CT molecular complexity index is 1070. The molecule has 1 aromatic rings. The molecule has 2 fully saturated rings. The lowest BCUT2D eigenvalue weighted by atomic mass is 9.81. The summed E-state index contributed by atoms with van der Waals surface area (Å²) in [6, 6.07) is 4.03. The van der Waals surface area contributed by atoms with E-state index in [1.54, 1.807) is 13.8 Å². The molecular formula is C23H28Cl2FNO11S. The Labute approximate surface area is 238 Å². The van der Waals surface area contributed by atoms with Gasteiger partial charge in [-0.1, -0.05) is 11.6 Å². The van der Waals surface area contributed by atoms with Crippen molar-refractivity contribution >= 4 is 60.0 Å². The van der Waals surface area contributed by atoms with Crippen LogP contribution in [0.1, 0.15) is 13.8 Å². The number of esters is 2. The normalized spacial score (nSPS) is 26.4. The number of hydrogen-bond donors (Lipinski definition) is 2. The fourth-order valence-electron chi connectivity index (χ4n) is 4.56. The summed E-state index contributed by atoms with van der Waals surface area (Å²) in [5, 5.41) is 10.9. The van der Waals surface area contributed by atoms with Crippen LogP contribution in [0.5, 0.6) is 0 Å². The molecule has 2 aliphatic carbocycles. The zero-order valence-electron chi connectivity index (χ0n) is 20.8.